The van der Waals surface area contributed by atoms with E-state index in [9.17, 15) is 14.0 Å². The van der Waals surface area contributed by atoms with Crippen LogP contribution in [0.4, 0.5) is 4.39 Å². The summed E-state index contributed by atoms with van der Waals surface area (Å²) >= 11 is 6.31. The second-order valence-electron chi connectivity index (χ2n) is 7.07. The Bertz CT molecular complexity index is 825. The molecule has 0 fully saturated rings. The molecule has 2 N–H and O–H groups in total. The van der Waals surface area contributed by atoms with E-state index in [1.165, 1.54) is 28.9 Å². The molecule has 1 atom stereocenters. The average Bonchev–Trinajstić information content (AvgIpc) is 2.81. The normalized spacial score (nSPS) is 12.6. The average molecular weight is 381 g/mol. The van der Waals surface area contributed by atoms with Gasteiger partial charge in [-0.15, -0.1) is 0 Å². The van der Waals surface area contributed by atoms with Gasteiger partial charge in [-0.05, 0) is 58.9 Å². The highest BCUT2D eigenvalue weighted by molar-refractivity contribution is 6.33. The summed E-state index contributed by atoms with van der Waals surface area (Å²) in [7, 11) is 0. The van der Waals surface area contributed by atoms with Gasteiger partial charge in [0.1, 0.15) is 17.0 Å². The van der Waals surface area contributed by atoms with Crippen LogP contribution in [0.25, 0.3) is 5.69 Å². The van der Waals surface area contributed by atoms with E-state index in [2.05, 4.69) is 15.7 Å². The number of amides is 2. The smallest absolute Gasteiger partial charge is 0.256 e. The molecule has 0 aliphatic heterocycles. The molecule has 140 valence electrons. The van der Waals surface area contributed by atoms with Crippen LogP contribution < -0.4 is 10.6 Å². The Morgan fingerprint density at radius 2 is 1.81 bits per heavy atom. The van der Waals surface area contributed by atoms with Crippen LogP contribution in [0.5, 0.6) is 0 Å². The Balaban J connectivity index is 2.22. The van der Waals surface area contributed by atoms with Gasteiger partial charge >= 0.3 is 0 Å². The maximum atomic E-state index is 13.1. The summed E-state index contributed by atoms with van der Waals surface area (Å²) < 4.78 is 14.4. The molecular weight excluding hydrogens is 359 g/mol. The molecule has 1 aromatic carbocycles. The van der Waals surface area contributed by atoms with Gasteiger partial charge in [-0.3, -0.25) is 9.59 Å². The third-order valence-corrected chi connectivity index (χ3v) is 3.89. The second kappa shape index (κ2) is 7.45. The fourth-order valence-corrected chi connectivity index (χ4v) is 2.68. The van der Waals surface area contributed by atoms with Crippen LogP contribution in [0.1, 0.15) is 43.7 Å². The molecule has 0 aliphatic carbocycles. The van der Waals surface area contributed by atoms with Gasteiger partial charge in [0.05, 0.1) is 16.9 Å². The fourth-order valence-electron chi connectivity index (χ4n) is 2.32. The minimum absolute atomic E-state index is 0.0926. The first-order chi connectivity index (χ1) is 12.0. The van der Waals surface area contributed by atoms with Crippen LogP contribution in [-0.4, -0.2) is 33.2 Å². The van der Waals surface area contributed by atoms with E-state index in [-0.39, 0.29) is 22.4 Å². The lowest BCUT2D eigenvalue weighted by Crippen LogP contribution is -2.50. The summed E-state index contributed by atoms with van der Waals surface area (Å²) in [6.07, 6.45) is 0. The number of hydrogen-bond acceptors (Lipinski definition) is 3. The van der Waals surface area contributed by atoms with E-state index >= 15 is 0 Å². The summed E-state index contributed by atoms with van der Waals surface area (Å²) in [5, 5.41) is 9.76. The van der Waals surface area contributed by atoms with Crippen molar-refractivity contribution in [3.8, 4) is 5.69 Å². The van der Waals surface area contributed by atoms with Crippen molar-refractivity contribution in [1.29, 1.82) is 0 Å². The Kier molecular flexibility index (Phi) is 5.71. The molecule has 2 amide bonds. The minimum atomic E-state index is -0.744. The highest BCUT2D eigenvalue weighted by atomic mass is 35.5. The van der Waals surface area contributed by atoms with Crippen molar-refractivity contribution in [3.63, 3.8) is 0 Å². The van der Waals surface area contributed by atoms with Gasteiger partial charge in [-0.1, -0.05) is 11.6 Å². The first kappa shape index (κ1) is 19.9. The number of benzene rings is 1. The topological polar surface area (TPSA) is 76.0 Å². The lowest BCUT2D eigenvalue weighted by atomic mass is 10.1. The molecule has 0 aliphatic rings. The molecule has 0 saturated carbocycles. The molecule has 0 spiro atoms. The van der Waals surface area contributed by atoms with Crippen molar-refractivity contribution >= 4 is 23.4 Å². The van der Waals surface area contributed by atoms with Crippen LogP contribution in [0.15, 0.2) is 24.3 Å². The first-order valence-corrected chi connectivity index (χ1v) is 8.51. The molecule has 1 heterocycles. The molecule has 0 radical (unpaired) electrons. The SMILES string of the molecule is Cc1nn(-c2ccc(F)cc2)c(Cl)c1C(=O)N[C@H](C)C(=O)NC(C)(C)C. The van der Waals surface area contributed by atoms with E-state index in [1.807, 2.05) is 20.8 Å². The van der Waals surface area contributed by atoms with Crippen molar-refractivity contribution in [3.05, 3.63) is 46.5 Å². The van der Waals surface area contributed by atoms with Gasteiger partial charge in [0.2, 0.25) is 5.91 Å². The quantitative estimate of drug-likeness (QED) is 0.856. The van der Waals surface area contributed by atoms with E-state index in [4.69, 9.17) is 11.6 Å². The lowest BCUT2D eigenvalue weighted by molar-refractivity contribution is -0.124. The number of carbonyl (C=O) groups excluding carboxylic acids is 2. The van der Waals surface area contributed by atoms with Crippen LogP contribution in [-0.2, 0) is 4.79 Å². The van der Waals surface area contributed by atoms with Gasteiger partial charge in [0.15, 0.2) is 0 Å². The van der Waals surface area contributed by atoms with Crippen molar-refractivity contribution in [2.24, 2.45) is 0 Å². The van der Waals surface area contributed by atoms with Gasteiger partial charge in [0, 0.05) is 5.54 Å². The second-order valence-corrected chi connectivity index (χ2v) is 7.43. The van der Waals surface area contributed by atoms with Crippen LogP contribution in [0.3, 0.4) is 0 Å². The van der Waals surface area contributed by atoms with E-state index in [0.717, 1.165) is 0 Å². The summed E-state index contributed by atoms with van der Waals surface area (Å²) in [5.74, 6) is -1.19. The molecule has 0 unspecified atom stereocenters. The number of aryl methyl sites for hydroxylation is 1. The number of nitrogens with zero attached hydrogens (tertiary/aromatic N) is 2. The zero-order chi connectivity index (χ0) is 19.6. The Morgan fingerprint density at radius 3 is 2.35 bits per heavy atom. The lowest BCUT2D eigenvalue weighted by Gasteiger charge is -2.23. The van der Waals surface area contributed by atoms with Crippen molar-refractivity contribution in [1.82, 2.24) is 20.4 Å². The van der Waals surface area contributed by atoms with Crippen molar-refractivity contribution in [2.75, 3.05) is 0 Å². The monoisotopic (exact) mass is 380 g/mol. The Hall–Kier alpha value is -2.41. The summed E-state index contributed by atoms with van der Waals surface area (Å²) in [5.41, 5.74) is 0.695. The highest BCUT2D eigenvalue weighted by Crippen LogP contribution is 2.23. The van der Waals surface area contributed by atoms with E-state index < -0.39 is 17.5 Å². The van der Waals surface area contributed by atoms with Crippen LogP contribution >= 0.6 is 11.6 Å². The first-order valence-electron chi connectivity index (χ1n) is 8.13. The third-order valence-electron chi connectivity index (χ3n) is 3.54. The Morgan fingerprint density at radius 1 is 1.23 bits per heavy atom. The van der Waals surface area contributed by atoms with Crippen LogP contribution in [0.2, 0.25) is 5.15 Å². The van der Waals surface area contributed by atoms with Crippen molar-refractivity contribution in [2.45, 2.75) is 46.2 Å². The van der Waals surface area contributed by atoms with Gasteiger partial charge in [-0.25, -0.2) is 9.07 Å². The number of carbonyl (C=O) groups is 2. The highest BCUT2D eigenvalue weighted by Gasteiger charge is 2.25. The number of hydrogen-bond donors (Lipinski definition) is 2. The molecule has 0 bridgehead atoms. The zero-order valence-electron chi connectivity index (χ0n) is 15.4. The standard InChI is InChI=1S/C18H22ClFN4O2/c1-10-14(17(26)21-11(2)16(25)22-18(3,4)5)15(19)24(23-10)13-8-6-12(20)7-9-13/h6-9,11H,1-5H3,(H,21,26)(H,22,25)/t11-/m1/s1. The molecular formula is C18H22ClFN4O2. The largest absolute Gasteiger partial charge is 0.350 e. The molecule has 2 aromatic rings. The van der Waals surface area contributed by atoms with Gasteiger partial charge in [-0.2, -0.15) is 5.10 Å². The molecule has 0 saturated heterocycles. The summed E-state index contributed by atoms with van der Waals surface area (Å²) in [6.45, 7) is 8.79. The number of halogens is 2. The number of nitrogens with one attached hydrogen (secondary N) is 2. The molecule has 26 heavy (non-hydrogen) atoms. The Labute approximate surface area is 156 Å². The molecule has 1 aromatic heterocycles. The van der Waals surface area contributed by atoms with E-state index in [1.54, 1.807) is 13.8 Å². The summed E-state index contributed by atoms with van der Waals surface area (Å²) in [4.78, 5) is 24.7. The predicted molar refractivity (Wildman–Crippen MR) is 98.1 cm³/mol. The molecule has 2 rings (SSSR count). The summed E-state index contributed by atoms with van der Waals surface area (Å²) in [6, 6.07) is 4.83. The van der Waals surface area contributed by atoms with Crippen molar-refractivity contribution < 1.29 is 14.0 Å². The van der Waals surface area contributed by atoms with Crippen LogP contribution in [0, 0.1) is 12.7 Å². The predicted octanol–water partition coefficient (Wildman–Crippen LogP) is 3.01. The fraction of sp³-hybridized carbons (Fsp3) is 0.389. The molecule has 8 heteroatoms. The van der Waals surface area contributed by atoms with Gasteiger partial charge < -0.3 is 10.6 Å². The maximum Gasteiger partial charge on any atom is 0.256 e. The van der Waals surface area contributed by atoms with E-state index in [0.29, 0.717) is 11.4 Å². The number of aromatic nitrogens is 2. The zero-order valence-corrected chi connectivity index (χ0v) is 16.1. The minimum Gasteiger partial charge on any atom is -0.350 e. The number of rotatable bonds is 4. The molecule has 6 nitrogen and oxygen atoms in total. The third kappa shape index (κ3) is 4.60. The van der Waals surface area contributed by atoms with Gasteiger partial charge in [0.25, 0.3) is 5.91 Å². The maximum absolute atomic E-state index is 13.1.